The van der Waals surface area contributed by atoms with Crippen molar-refractivity contribution in [1.82, 2.24) is 0 Å². The number of anilines is 2. The van der Waals surface area contributed by atoms with Crippen LogP contribution >= 0.6 is 38.6 Å². The molecule has 0 radical (unpaired) electrons. The molecule has 2 heterocycles. The molecule has 2 aromatic carbocycles. The average molecular weight is 614 g/mol. The smallest absolute Gasteiger partial charge is 0.338 e. The van der Waals surface area contributed by atoms with Gasteiger partial charge in [-0.1, -0.05) is 40.2 Å². The van der Waals surface area contributed by atoms with Crippen molar-refractivity contribution >= 4 is 76.0 Å². The fourth-order valence-electron chi connectivity index (χ4n) is 2.92. The molecule has 0 aliphatic rings. The molecule has 0 aliphatic carbocycles. The minimum Gasteiger partial charge on any atom is -0.457 e. The number of rotatable bonds is 9. The maximum atomic E-state index is 12.8. The Morgan fingerprint density at radius 1 is 0.800 bits per heavy atom. The first-order valence-electron chi connectivity index (χ1n) is 9.82. The first-order chi connectivity index (χ1) is 16.6. The molecule has 0 bridgehead atoms. The molecule has 0 amide bonds. The summed E-state index contributed by atoms with van der Waals surface area (Å²) in [5.74, 6) is -0.748. The van der Waals surface area contributed by atoms with Crippen molar-refractivity contribution in [1.29, 1.82) is 0 Å². The van der Waals surface area contributed by atoms with Gasteiger partial charge in [-0.2, -0.15) is 0 Å². The number of hydrogen-bond acceptors (Lipinski definition) is 8. The van der Waals surface area contributed by atoms with Crippen LogP contribution in [0.2, 0.25) is 0 Å². The highest BCUT2D eigenvalue weighted by Crippen LogP contribution is 2.27. The Morgan fingerprint density at radius 2 is 1.31 bits per heavy atom. The summed E-state index contributed by atoms with van der Waals surface area (Å²) in [6.07, 6.45) is 0. The largest absolute Gasteiger partial charge is 0.457 e. The summed E-state index contributed by atoms with van der Waals surface area (Å²) in [4.78, 5) is 12.8. The van der Waals surface area contributed by atoms with Crippen LogP contribution in [0.25, 0.3) is 0 Å². The molecule has 0 saturated heterocycles. The van der Waals surface area contributed by atoms with E-state index in [4.69, 9.17) is 4.74 Å². The molecular formula is C22H17BrN2O6S4. The Labute approximate surface area is 218 Å². The normalized spacial score (nSPS) is 11.7. The lowest BCUT2D eigenvalue weighted by molar-refractivity contribution is 0.0472. The van der Waals surface area contributed by atoms with E-state index in [2.05, 4.69) is 25.4 Å². The molecule has 8 nitrogen and oxygen atoms in total. The maximum Gasteiger partial charge on any atom is 0.338 e. The molecule has 2 aromatic heterocycles. The number of nitrogens with one attached hydrogen (secondary N) is 2. The van der Waals surface area contributed by atoms with Crippen LogP contribution in [-0.2, 0) is 31.4 Å². The lowest BCUT2D eigenvalue weighted by atomic mass is 10.2. The van der Waals surface area contributed by atoms with E-state index in [1.807, 2.05) is 0 Å². The lowest BCUT2D eigenvalue weighted by Gasteiger charge is -2.13. The van der Waals surface area contributed by atoms with Crippen molar-refractivity contribution in [2.75, 3.05) is 9.44 Å². The van der Waals surface area contributed by atoms with Crippen molar-refractivity contribution in [3.63, 3.8) is 0 Å². The summed E-state index contributed by atoms with van der Waals surface area (Å²) in [5.41, 5.74) is 0.716. The summed E-state index contributed by atoms with van der Waals surface area (Å²) >= 11 is 5.38. The van der Waals surface area contributed by atoms with Crippen LogP contribution < -0.4 is 9.44 Å². The molecule has 182 valence electrons. The van der Waals surface area contributed by atoms with Gasteiger partial charge in [0.05, 0.1) is 16.9 Å². The van der Waals surface area contributed by atoms with E-state index in [-0.39, 0.29) is 32.0 Å². The van der Waals surface area contributed by atoms with E-state index in [9.17, 15) is 21.6 Å². The molecule has 13 heteroatoms. The van der Waals surface area contributed by atoms with Crippen molar-refractivity contribution in [2.24, 2.45) is 0 Å². The first-order valence-corrected chi connectivity index (χ1v) is 15.3. The fourth-order valence-corrected chi connectivity index (χ4v) is 7.25. The van der Waals surface area contributed by atoms with E-state index >= 15 is 0 Å². The topological polar surface area (TPSA) is 119 Å². The van der Waals surface area contributed by atoms with E-state index < -0.39 is 26.0 Å². The number of sulfonamides is 2. The Balaban J connectivity index is 1.63. The summed E-state index contributed by atoms with van der Waals surface area (Å²) in [7, 11) is -7.88. The number of hydrogen-bond donors (Lipinski definition) is 2. The van der Waals surface area contributed by atoms with Crippen molar-refractivity contribution in [3.8, 4) is 0 Å². The summed E-state index contributed by atoms with van der Waals surface area (Å²) in [5, 5.41) is 3.23. The van der Waals surface area contributed by atoms with Gasteiger partial charge in [-0.05, 0) is 58.8 Å². The number of thiophene rings is 2. The minimum absolute atomic E-state index is 0.000344. The molecule has 0 fully saturated rings. The van der Waals surface area contributed by atoms with E-state index in [1.165, 1.54) is 30.3 Å². The number of benzene rings is 2. The second kappa shape index (κ2) is 10.5. The number of esters is 1. The van der Waals surface area contributed by atoms with Gasteiger partial charge < -0.3 is 4.74 Å². The minimum atomic E-state index is -3.94. The highest BCUT2D eigenvalue weighted by molar-refractivity contribution is 9.10. The van der Waals surface area contributed by atoms with Crippen LogP contribution in [-0.4, -0.2) is 22.8 Å². The van der Waals surface area contributed by atoms with Crippen LogP contribution in [0.4, 0.5) is 11.4 Å². The predicted octanol–water partition coefficient (Wildman–Crippen LogP) is 5.53. The zero-order chi connectivity index (χ0) is 25.1. The quantitative estimate of drug-likeness (QED) is 0.240. The van der Waals surface area contributed by atoms with Gasteiger partial charge in [0.2, 0.25) is 0 Å². The summed E-state index contributed by atoms with van der Waals surface area (Å²) in [6.45, 7) is -0.0203. The standard InChI is InChI=1S/C22H17BrN2O6S4/c23-17-7-5-15(6-8-17)14-31-22(26)16-11-18(24-34(27,28)20-3-1-9-32-20)13-19(12-16)25-35(29,30)21-4-2-10-33-21/h1-13,24-25H,14H2. The van der Waals surface area contributed by atoms with Gasteiger partial charge in [-0.3, -0.25) is 9.44 Å². The van der Waals surface area contributed by atoms with Crippen LogP contribution in [0.15, 0.2) is 90.4 Å². The number of carbonyl (C=O) groups excluding carboxylic acids is 1. The van der Waals surface area contributed by atoms with Crippen LogP contribution in [0.3, 0.4) is 0 Å². The van der Waals surface area contributed by atoms with Gasteiger partial charge in [0.25, 0.3) is 20.0 Å². The van der Waals surface area contributed by atoms with Gasteiger partial charge in [0.1, 0.15) is 15.0 Å². The fraction of sp³-hybridized carbons (Fsp3) is 0.0455. The molecule has 0 unspecified atom stereocenters. The highest BCUT2D eigenvalue weighted by Gasteiger charge is 2.20. The number of halogens is 1. The van der Waals surface area contributed by atoms with Gasteiger partial charge in [0.15, 0.2) is 0 Å². The third kappa shape index (κ3) is 6.49. The second-order valence-corrected chi connectivity index (χ2v) is 13.7. The van der Waals surface area contributed by atoms with Crippen LogP contribution in [0, 0.1) is 0 Å². The maximum absolute atomic E-state index is 12.8. The molecule has 4 rings (SSSR count). The van der Waals surface area contributed by atoms with Gasteiger partial charge in [-0.15, -0.1) is 22.7 Å². The molecule has 0 atom stereocenters. The van der Waals surface area contributed by atoms with Gasteiger partial charge in [0, 0.05) is 4.47 Å². The van der Waals surface area contributed by atoms with Crippen molar-refractivity contribution < 1.29 is 26.4 Å². The van der Waals surface area contributed by atoms with E-state index in [1.54, 1.807) is 47.2 Å². The SMILES string of the molecule is O=C(OCc1ccc(Br)cc1)c1cc(NS(=O)(=O)c2cccs2)cc(NS(=O)(=O)c2cccs2)c1. The van der Waals surface area contributed by atoms with E-state index in [0.29, 0.717) is 0 Å². The van der Waals surface area contributed by atoms with Crippen molar-refractivity contribution in [2.45, 2.75) is 15.0 Å². The molecular weight excluding hydrogens is 596 g/mol. The van der Waals surface area contributed by atoms with E-state index in [0.717, 1.165) is 32.7 Å². The number of ether oxygens (including phenoxy) is 1. The van der Waals surface area contributed by atoms with Crippen molar-refractivity contribution in [3.05, 3.63) is 93.1 Å². The zero-order valence-electron chi connectivity index (χ0n) is 17.7. The molecule has 4 aromatic rings. The molecule has 0 saturated carbocycles. The molecule has 0 spiro atoms. The summed E-state index contributed by atoms with van der Waals surface area (Å²) in [6, 6.07) is 17.1. The van der Waals surface area contributed by atoms with Crippen LogP contribution in [0.1, 0.15) is 15.9 Å². The average Bonchev–Trinajstić information content (AvgIpc) is 3.53. The third-order valence-electron chi connectivity index (χ3n) is 4.48. The predicted molar refractivity (Wildman–Crippen MR) is 140 cm³/mol. The first kappa shape index (κ1) is 25.4. The highest BCUT2D eigenvalue weighted by atomic mass is 79.9. The number of carbonyl (C=O) groups is 1. The summed E-state index contributed by atoms with van der Waals surface area (Å²) < 4.78 is 62.0. The Hall–Kier alpha value is -2.71. The second-order valence-electron chi connectivity index (χ2n) is 7.08. The Morgan fingerprint density at radius 3 is 1.77 bits per heavy atom. The van der Waals surface area contributed by atoms with Gasteiger partial charge >= 0.3 is 5.97 Å². The molecule has 0 aliphatic heterocycles. The third-order valence-corrected chi connectivity index (χ3v) is 10.6. The van der Waals surface area contributed by atoms with Gasteiger partial charge in [-0.25, -0.2) is 21.6 Å². The zero-order valence-corrected chi connectivity index (χ0v) is 22.5. The Bertz CT molecular complexity index is 1450. The monoisotopic (exact) mass is 612 g/mol. The molecule has 35 heavy (non-hydrogen) atoms. The Kier molecular flexibility index (Phi) is 7.62. The molecule has 2 N–H and O–H groups in total. The van der Waals surface area contributed by atoms with Crippen LogP contribution in [0.5, 0.6) is 0 Å². The lowest BCUT2D eigenvalue weighted by Crippen LogP contribution is -2.15.